The minimum Gasteiger partial charge on any atom is -0.294 e. The molecule has 0 radical (unpaired) electrons. The maximum atomic E-state index is 12.1. The topological polar surface area (TPSA) is 42.9 Å². The van der Waals surface area contributed by atoms with Crippen LogP contribution < -0.4 is 0 Å². The van der Waals surface area contributed by atoms with Crippen LogP contribution in [-0.4, -0.2) is 15.8 Å². The molecule has 0 atom stereocenters. The van der Waals surface area contributed by atoms with Gasteiger partial charge in [0.1, 0.15) is 5.03 Å². The van der Waals surface area contributed by atoms with E-state index in [1.165, 1.54) is 5.56 Å². The van der Waals surface area contributed by atoms with E-state index in [1.54, 1.807) is 18.7 Å². The number of ketones is 1. The van der Waals surface area contributed by atoms with Gasteiger partial charge < -0.3 is 0 Å². The number of thioether (sulfide) groups is 1. The zero-order valence-electron chi connectivity index (χ0n) is 14.6. The lowest BCUT2D eigenvalue weighted by Crippen LogP contribution is -2.06. The van der Waals surface area contributed by atoms with Crippen molar-refractivity contribution in [2.24, 2.45) is 0 Å². The van der Waals surface area contributed by atoms with Gasteiger partial charge in [-0.3, -0.25) is 4.79 Å². The van der Waals surface area contributed by atoms with Gasteiger partial charge in [0.05, 0.1) is 11.3 Å². The quantitative estimate of drug-likeness (QED) is 0.358. The first kappa shape index (κ1) is 17.4. The van der Waals surface area contributed by atoms with E-state index in [1.807, 2.05) is 56.3 Å². The summed E-state index contributed by atoms with van der Waals surface area (Å²) < 4.78 is 0. The third kappa shape index (κ3) is 3.97. The number of nitrogens with zero attached hydrogens (tertiary/aromatic N) is 2. The average molecular weight is 348 g/mol. The molecule has 3 aromatic rings. The van der Waals surface area contributed by atoms with Gasteiger partial charge in [0, 0.05) is 11.3 Å². The van der Waals surface area contributed by atoms with Crippen molar-refractivity contribution in [1.29, 1.82) is 0 Å². The molecule has 0 unspecified atom stereocenters. The van der Waals surface area contributed by atoms with E-state index < -0.39 is 0 Å². The number of carbonyl (C=O) groups is 1. The highest BCUT2D eigenvalue weighted by Gasteiger charge is 2.17. The molecule has 3 rings (SSSR count). The van der Waals surface area contributed by atoms with E-state index in [9.17, 15) is 4.79 Å². The van der Waals surface area contributed by atoms with Gasteiger partial charge in [-0.1, -0.05) is 54.6 Å². The van der Waals surface area contributed by atoms with Crippen LogP contribution >= 0.6 is 11.8 Å². The normalized spacial score (nSPS) is 10.7. The molecule has 0 fully saturated rings. The van der Waals surface area contributed by atoms with Gasteiger partial charge in [-0.05, 0) is 31.9 Å². The summed E-state index contributed by atoms with van der Waals surface area (Å²) in [7, 11) is 0. The molecule has 0 bridgehead atoms. The Balaban J connectivity index is 2.02. The fourth-order valence-corrected chi connectivity index (χ4v) is 3.81. The second-order valence-corrected chi connectivity index (χ2v) is 6.92. The molecule has 0 saturated carbocycles. The summed E-state index contributed by atoms with van der Waals surface area (Å²) >= 11 is 1.59. The molecule has 3 nitrogen and oxygen atoms in total. The van der Waals surface area contributed by atoms with E-state index in [0.29, 0.717) is 11.4 Å². The Hall–Kier alpha value is -2.46. The first-order chi connectivity index (χ1) is 12.1. The van der Waals surface area contributed by atoms with Crippen molar-refractivity contribution >= 4 is 17.5 Å². The molecule has 4 heteroatoms. The van der Waals surface area contributed by atoms with Crippen molar-refractivity contribution in [2.45, 2.75) is 31.6 Å². The number of Topliss-reactive ketones (excluding diaryl/α,β-unsaturated/α-hetero) is 1. The maximum Gasteiger partial charge on any atom is 0.164 e. The smallest absolute Gasteiger partial charge is 0.164 e. The van der Waals surface area contributed by atoms with Gasteiger partial charge in [0.25, 0.3) is 0 Å². The van der Waals surface area contributed by atoms with Gasteiger partial charge in [-0.2, -0.15) is 0 Å². The van der Waals surface area contributed by atoms with E-state index in [-0.39, 0.29) is 5.78 Å². The van der Waals surface area contributed by atoms with Crippen LogP contribution in [0.4, 0.5) is 0 Å². The van der Waals surface area contributed by atoms with E-state index in [2.05, 4.69) is 17.1 Å². The maximum absolute atomic E-state index is 12.1. The number of rotatable bonds is 5. The van der Waals surface area contributed by atoms with Crippen molar-refractivity contribution in [1.82, 2.24) is 9.97 Å². The summed E-state index contributed by atoms with van der Waals surface area (Å²) in [6, 6.07) is 18.2. The Morgan fingerprint density at radius 3 is 2.32 bits per heavy atom. The third-order valence-corrected chi connectivity index (χ3v) is 5.06. The lowest BCUT2D eigenvalue weighted by Gasteiger charge is -2.12. The van der Waals surface area contributed by atoms with Crippen LogP contribution in [-0.2, 0) is 5.75 Å². The highest BCUT2D eigenvalue weighted by molar-refractivity contribution is 7.98. The zero-order chi connectivity index (χ0) is 17.8. The second kappa shape index (κ2) is 7.62. The van der Waals surface area contributed by atoms with Gasteiger partial charge >= 0.3 is 0 Å². The Morgan fingerprint density at radius 1 is 0.960 bits per heavy atom. The standard InChI is InChI=1S/C21H20N2OS/c1-14-9-7-8-12-18(14)20-22-15(2)19(16(3)24)21(23-20)25-13-17-10-5-4-6-11-17/h4-12H,13H2,1-3H3. The molecule has 25 heavy (non-hydrogen) atoms. The number of aryl methyl sites for hydroxylation is 2. The van der Waals surface area contributed by atoms with Gasteiger partial charge in [-0.15, -0.1) is 11.8 Å². The lowest BCUT2D eigenvalue weighted by molar-refractivity contribution is 0.101. The molecule has 0 spiro atoms. The fraction of sp³-hybridized carbons (Fsp3) is 0.190. The number of carbonyl (C=O) groups excluding carboxylic acids is 1. The lowest BCUT2D eigenvalue weighted by atomic mass is 10.1. The SMILES string of the molecule is CC(=O)c1c(C)nc(-c2ccccc2C)nc1SCc1ccccc1. The molecule has 0 amide bonds. The molecule has 0 saturated heterocycles. The van der Waals surface area contributed by atoms with Crippen molar-refractivity contribution < 1.29 is 4.79 Å². The summed E-state index contributed by atoms with van der Waals surface area (Å²) in [5.74, 6) is 1.45. The molecule has 126 valence electrons. The van der Waals surface area contributed by atoms with E-state index in [0.717, 1.165) is 27.6 Å². The first-order valence-electron chi connectivity index (χ1n) is 8.18. The van der Waals surface area contributed by atoms with Crippen molar-refractivity contribution in [2.75, 3.05) is 0 Å². The second-order valence-electron chi connectivity index (χ2n) is 5.96. The summed E-state index contributed by atoms with van der Waals surface area (Å²) in [5, 5.41) is 0.752. The first-order valence-corrected chi connectivity index (χ1v) is 9.17. The van der Waals surface area contributed by atoms with Gasteiger partial charge in [-0.25, -0.2) is 9.97 Å². The number of hydrogen-bond donors (Lipinski definition) is 0. The van der Waals surface area contributed by atoms with Crippen LogP contribution in [0.5, 0.6) is 0 Å². The van der Waals surface area contributed by atoms with Crippen LogP contribution in [0.1, 0.15) is 34.1 Å². The van der Waals surface area contributed by atoms with Gasteiger partial charge in [0.15, 0.2) is 11.6 Å². The highest BCUT2D eigenvalue weighted by Crippen LogP contribution is 2.30. The minimum absolute atomic E-state index is 0.00407. The summed E-state index contributed by atoms with van der Waals surface area (Å²) in [6.45, 7) is 5.50. The predicted octanol–water partition coefficient (Wildman–Crippen LogP) is 5.26. The van der Waals surface area contributed by atoms with E-state index in [4.69, 9.17) is 4.98 Å². The highest BCUT2D eigenvalue weighted by atomic mass is 32.2. The number of hydrogen-bond acceptors (Lipinski definition) is 4. The van der Waals surface area contributed by atoms with Crippen LogP contribution in [0.3, 0.4) is 0 Å². The molecule has 0 aliphatic carbocycles. The predicted molar refractivity (Wildman–Crippen MR) is 103 cm³/mol. The zero-order valence-corrected chi connectivity index (χ0v) is 15.4. The van der Waals surface area contributed by atoms with Crippen molar-refractivity contribution in [3.8, 4) is 11.4 Å². The molecule has 0 N–H and O–H groups in total. The molecule has 2 aromatic carbocycles. The number of benzene rings is 2. The summed E-state index contributed by atoms with van der Waals surface area (Å²) in [5.41, 5.74) is 4.68. The fourth-order valence-electron chi connectivity index (χ4n) is 2.73. The van der Waals surface area contributed by atoms with Crippen LogP contribution in [0.15, 0.2) is 59.6 Å². The Kier molecular flexibility index (Phi) is 5.29. The summed E-state index contributed by atoms with van der Waals surface area (Å²) in [4.78, 5) is 21.4. The van der Waals surface area contributed by atoms with E-state index >= 15 is 0 Å². The minimum atomic E-state index is 0.00407. The largest absolute Gasteiger partial charge is 0.294 e. The summed E-state index contributed by atoms with van der Waals surface area (Å²) in [6.07, 6.45) is 0. The van der Waals surface area contributed by atoms with Crippen LogP contribution in [0.25, 0.3) is 11.4 Å². The van der Waals surface area contributed by atoms with Crippen LogP contribution in [0.2, 0.25) is 0 Å². The van der Waals surface area contributed by atoms with Crippen LogP contribution in [0, 0.1) is 13.8 Å². The van der Waals surface area contributed by atoms with Gasteiger partial charge in [0.2, 0.25) is 0 Å². The number of aromatic nitrogens is 2. The Labute approximate surface area is 152 Å². The van der Waals surface area contributed by atoms with Crippen molar-refractivity contribution in [3.05, 3.63) is 77.0 Å². The monoisotopic (exact) mass is 348 g/mol. The van der Waals surface area contributed by atoms with Crippen molar-refractivity contribution in [3.63, 3.8) is 0 Å². The third-order valence-electron chi connectivity index (χ3n) is 4.01. The molecular formula is C21H20N2OS. The molecule has 1 heterocycles. The molecule has 0 aliphatic heterocycles. The molecular weight excluding hydrogens is 328 g/mol. The molecule has 0 aliphatic rings. The Morgan fingerprint density at radius 2 is 1.64 bits per heavy atom. The molecule has 1 aromatic heterocycles. The Bertz CT molecular complexity index is 907. The average Bonchev–Trinajstić information content (AvgIpc) is 2.60.